The molecule has 33 heavy (non-hydrogen) atoms. The fraction of sp³-hybridized carbons (Fsp3) is 0.192. The highest BCUT2D eigenvalue weighted by Gasteiger charge is 2.22. The number of ether oxygens (including phenoxy) is 1. The van der Waals surface area contributed by atoms with Crippen molar-refractivity contribution in [3.8, 4) is 0 Å². The number of amides is 2. The molecule has 170 valence electrons. The molecule has 0 saturated heterocycles. The lowest BCUT2D eigenvalue weighted by atomic mass is 10.0. The van der Waals surface area contributed by atoms with E-state index in [1.54, 1.807) is 48.5 Å². The molecule has 0 atom stereocenters. The van der Waals surface area contributed by atoms with Crippen molar-refractivity contribution >= 4 is 35.4 Å². The molecule has 2 amide bonds. The summed E-state index contributed by atoms with van der Waals surface area (Å²) < 4.78 is 6.69. The van der Waals surface area contributed by atoms with Gasteiger partial charge in [-0.2, -0.15) is 0 Å². The number of carbonyl (C=O) groups is 3. The molecular weight excluding hydrogens is 436 g/mol. The fourth-order valence-electron chi connectivity index (χ4n) is 3.05. The van der Waals surface area contributed by atoms with Crippen LogP contribution < -0.4 is 5.32 Å². The van der Waals surface area contributed by atoms with Gasteiger partial charge in [0.1, 0.15) is 13.2 Å². The third-order valence-electron chi connectivity index (χ3n) is 4.52. The SMILES string of the molecule is CC(C)SN(CC(=O)Nc1ccccc1C(=O)c1ccccc1)C(=O)OCc1ccccc1. The van der Waals surface area contributed by atoms with E-state index in [-0.39, 0.29) is 24.2 Å². The van der Waals surface area contributed by atoms with Crippen LogP contribution >= 0.6 is 11.9 Å². The predicted molar refractivity (Wildman–Crippen MR) is 131 cm³/mol. The number of benzene rings is 3. The first-order chi connectivity index (χ1) is 15.9. The number of nitrogens with zero attached hydrogens (tertiary/aromatic N) is 1. The Kier molecular flexibility index (Phi) is 8.66. The van der Waals surface area contributed by atoms with E-state index in [0.717, 1.165) is 5.56 Å². The van der Waals surface area contributed by atoms with Crippen LogP contribution in [0.2, 0.25) is 0 Å². The van der Waals surface area contributed by atoms with Crippen molar-refractivity contribution < 1.29 is 19.1 Å². The van der Waals surface area contributed by atoms with Crippen LogP contribution in [0, 0.1) is 0 Å². The minimum Gasteiger partial charge on any atom is -0.444 e. The maximum Gasteiger partial charge on any atom is 0.420 e. The van der Waals surface area contributed by atoms with E-state index in [0.29, 0.717) is 16.8 Å². The number of rotatable bonds is 9. The van der Waals surface area contributed by atoms with Gasteiger partial charge < -0.3 is 10.1 Å². The zero-order valence-corrected chi connectivity index (χ0v) is 19.4. The highest BCUT2D eigenvalue weighted by molar-refractivity contribution is 7.98. The highest BCUT2D eigenvalue weighted by atomic mass is 32.2. The standard InChI is InChI=1S/C26H26N2O4S/c1-19(2)33-28(26(31)32-18-20-11-5-3-6-12-20)17-24(29)27-23-16-10-9-15-22(23)25(30)21-13-7-4-8-14-21/h3-16,19H,17-18H2,1-2H3,(H,27,29). The van der Waals surface area contributed by atoms with Crippen molar-refractivity contribution in [3.63, 3.8) is 0 Å². The van der Waals surface area contributed by atoms with Crippen LogP contribution in [0.1, 0.15) is 35.3 Å². The first-order valence-corrected chi connectivity index (χ1v) is 11.4. The maximum atomic E-state index is 12.9. The molecule has 6 nitrogen and oxygen atoms in total. The number of para-hydroxylation sites is 1. The molecule has 0 fully saturated rings. The Bertz CT molecular complexity index is 1090. The molecule has 3 aromatic rings. The second-order valence-corrected chi connectivity index (χ2v) is 9.11. The van der Waals surface area contributed by atoms with Gasteiger partial charge in [0.05, 0.1) is 5.69 Å². The van der Waals surface area contributed by atoms with E-state index >= 15 is 0 Å². The van der Waals surface area contributed by atoms with Crippen LogP contribution in [0.4, 0.5) is 10.5 Å². The zero-order valence-electron chi connectivity index (χ0n) is 18.6. The van der Waals surface area contributed by atoms with Crippen LogP contribution in [-0.4, -0.2) is 33.9 Å². The minimum atomic E-state index is -0.596. The summed E-state index contributed by atoms with van der Waals surface area (Å²) >= 11 is 1.22. The van der Waals surface area contributed by atoms with E-state index in [2.05, 4.69) is 5.32 Å². The number of ketones is 1. The van der Waals surface area contributed by atoms with E-state index < -0.39 is 12.0 Å². The van der Waals surface area contributed by atoms with Crippen molar-refractivity contribution in [1.82, 2.24) is 4.31 Å². The van der Waals surface area contributed by atoms with Crippen molar-refractivity contribution in [2.45, 2.75) is 25.7 Å². The van der Waals surface area contributed by atoms with Gasteiger partial charge in [-0.05, 0) is 29.6 Å². The van der Waals surface area contributed by atoms with Gasteiger partial charge in [0.2, 0.25) is 5.91 Å². The van der Waals surface area contributed by atoms with Gasteiger partial charge in [-0.3, -0.25) is 9.59 Å². The van der Waals surface area contributed by atoms with Crippen LogP contribution in [0.25, 0.3) is 0 Å². The van der Waals surface area contributed by atoms with Crippen molar-refractivity contribution in [2.75, 3.05) is 11.9 Å². The smallest absolute Gasteiger partial charge is 0.420 e. The van der Waals surface area contributed by atoms with E-state index in [1.807, 2.05) is 50.2 Å². The van der Waals surface area contributed by atoms with Gasteiger partial charge in [-0.1, -0.05) is 86.6 Å². The maximum absolute atomic E-state index is 12.9. The Hall–Kier alpha value is -3.58. The van der Waals surface area contributed by atoms with Crippen LogP contribution in [0.5, 0.6) is 0 Å². The normalized spacial score (nSPS) is 10.5. The Morgan fingerprint density at radius 2 is 1.48 bits per heavy atom. The Labute approximate surface area is 198 Å². The van der Waals surface area contributed by atoms with Gasteiger partial charge in [-0.25, -0.2) is 9.10 Å². The first kappa shape index (κ1) is 24.1. The third kappa shape index (κ3) is 7.22. The molecule has 0 aliphatic rings. The largest absolute Gasteiger partial charge is 0.444 e. The molecule has 0 heterocycles. The van der Waals surface area contributed by atoms with Crippen LogP contribution in [0.15, 0.2) is 84.9 Å². The molecule has 1 N–H and O–H groups in total. The van der Waals surface area contributed by atoms with Crippen molar-refractivity contribution in [1.29, 1.82) is 0 Å². The number of carbonyl (C=O) groups excluding carboxylic acids is 3. The average molecular weight is 463 g/mol. The lowest BCUT2D eigenvalue weighted by Gasteiger charge is -2.22. The number of nitrogens with one attached hydrogen (secondary N) is 1. The first-order valence-electron chi connectivity index (χ1n) is 10.6. The average Bonchev–Trinajstić information content (AvgIpc) is 2.83. The fourth-order valence-corrected chi connectivity index (χ4v) is 3.89. The van der Waals surface area contributed by atoms with Crippen molar-refractivity contribution in [3.05, 3.63) is 102 Å². The molecule has 0 spiro atoms. The molecule has 0 saturated carbocycles. The van der Waals surface area contributed by atoms with Crippen molar-refractivity contribution in [2.24, 2.45) is 0 Å². The summed E-state index contributed by atoms with van der Waals surface area (Å²) in [6.45, 7) is 3.75. The van der Waals surface area contributed by atoms with Gasteiger partial charge in [0.25, 0.3) is 0 Å². The molecule has 3 aromatic carbocycles. The third-order valence-corrected chi connectivity index (χ3v) is 5.47. The summed E-state index contributed by atoms with van der Waals surface area (Å²) in [5.74, 6) is -0.615. The predicted octanol–water partition coefficient (Wildman–Crippen LogP) is 5.55. The number of hydrogen-bond acceptors (Lipinski definition) is 5. The Morgan fingerprint density at radius 3 is 2.15 bits per heavy atom. The second kappa shape index (κ2) is 11.9. The Morgan fingerprint density at radius 1 is 0.879 bits per heavy atom. The van der Waals surface area contributed by atoms with E-state index in [1.165, 1.54) is 16.3 Å². The molecule has 0 aliphatic carbocycles. The molecule has 7 heteroatoms. The lowest BCUT2D eigenvalue weighted by molar-refractivity contribution is -0.116. The quantitative estimate of drug-likeness (QED) is 0.333. The molecule has 0 unspecified atom stereocenters. The summed E-state index contributed by atoms with van der Waals surface area (Å²) in [6.07, 6.45) is -0.596. The summed E-state index contributed by atoms with van der Waals surface area (Å²) in [5.41, 5.74) is 2.16. The second-order valence-electron chi connectivity index (χ2n) is 7.52. The lowest BCUT2D eigenvalue weighted by Crippen LogP contribution is -2.34. The zero-order chi connectivity index (χ0) is 23.6. The molecule has 0 radical (unpaired) electrons. The van der Waals surface area contributed by atoms with Gasteiger partial charge in [0, 0.05) is 16.4 Å². The molecule has 0 bridgehead atoms. The highest BCUT2D eigenvalue weighted by Crippen LogP contribution is 2.21. The van der Waals surface area contributed by atoms with E-state index in [9.17, 15) is 14.4 Å². The molecule has 0 aliphatic heterocycles. The molecule has 0 aromatic heterocycles. The number of hydrogen-bond donors (Lipinski definition) is 1. The summed E-state index contributed by atoms with van der Waals surface area (Å²) in [4.78, 5) is 38.4. The summed E-state index contributed by atoms with van der Waals surface area (Å²) in [6, 6.07) is 25.0. The monoisotopic (exact) mass is 462 g/mol. The van der Waals surface area contributed by atoms with E-state index in [4.69, 9.17) is 4.74 Å². The van der Waals surface area contributed by atoms with Gasteiger partial charge in [0.15, 0.2) is 5.78 Å². The Balaban J connectivity index is 1.68. The minimum absolute atomic E-state index is 0.0639. The number of anilines is 1. The van der Waals surface area contributed by atoms with Crippen LogP contribution in [-0.2, 0) is 16.1 Å². The topological polar surface area (TPSA) is 75.7 Å². The molecule has 3 rings (SSSR count). The molecular formula is C26H26N2O4S. The summed E-state index contributed by atoms with van der Waals surface area (Å²) in [5, 5.41) is 2.83. The van der Waals surface area contributed by atoms with Gasteiger partial charge in [-0.15, -0.1) is 0 Å². The summed E-state index contributed by atoms with van der Waals surface area (Å²) in [7, 11) is 0. The van der Waals surface area contributed by atoms with Crippen LogP contribution in [0.3, 0.4) is 0 Å². The van der Waals surface area contributed by atoms with Gasteiger partial charge >= 0.3 is 6.09 Å².